The summed E-state index contributed by atoms with van der Waals surface area (Å²) in [7, 11) is 0. The molecule has 17 heavy (non-hydrogen) atoms. The number of unbranched alkanes of at least 4 members (excludes halogenated alkanes) is 4. The Labute approximate surface area is 105 Å². The van der Waals surface area contributed by atoms with Crippen molar-refractivity contribution in [1.29, 1.82) is 0 Å². The van der Waals surface area contributed by atoms with Crippen LogP contribution in [0.2, 0.25) is 0 Å². The highest BCUT2D eigenvalue weighted by molar-refractivity contribution is 5.82. The van der Waals surface area contributed by atoms with Crippen LogP contribution in [0.5, 0.6) is 0 Å². The van der Waals surface area contributed by atoms with E-state index in [0.717, 1.165) is 6.42 Å². The summed E-state index contributed by atoms with van der Waals surface area (Å²) >= 11 is 0. The van der Waals surface area contributed by atoms with Gasteiger partial charge in [-0.1, -0.05) is 56.6 Å². The Balaban J connectivity index is 3.52. The van der Waals surface area contributed by atoms with Crippen LogP contribution in [0.1, 0.15) is 46.0 Å². The van der Waals surface area contributed by atoms with Gasteiger partial charge in [0.25, 0.3) is 0 Å². The molecular weight excluding hydrogens is 212 g/mol. The lowest BCUT2D eigenvalue weighted by Gasteiger charge is -1.93. The number of carbonyl (C=O) groups is 1. The zero-order valence-corrected chi connectivity index (χ0v) is 11.0. The van der Waals surface area contributed by atoms with Gasteiger partial charge in [0.05, 0.1) is 6.61 Å². The molecule has 0 N–H and O–H groups in total. The molecule has 0 unspecified atom stereocenters. The molecule has 0 aliphatic rings. The van der Waals surface area contributed by atoms with Gasteiger partial charge in [-0.05, 0) is 19.8 Å². The van der Waals surface area contributed by atoms with E-state index in [-0.39, 0.29) is 5.97 Å². The van der Waals surface area contributed by atoms with Crippen molar-refractivity contribution < 1.29 is 9.53 Å². The molecule has 0 aromatic carbocycles. The number of ether oxygens (including phenoxy) is 1. The zero-order chi connectivity index (χ0) is 12.8. The van der Waals surface area contributed by atoms with Crippen LogP contribution < -0.4 is 0 Å². The molecule has 0 aliphatic heterocycles. The van der Waals surface area contributed by atoms with Gasteiger partial charge in [-0.25, -0.2) is 4.79 Å². The lowest BCUT2D eigenvalue weighted by molar-refractivity contribution is -0.137. The van der Waals surface area contributed by atoms with Crippen molar-refractivity contribution in [2.24, 2.45) is 0 Å². The van der Waals surface area contributed by atoms with Gasteiger partial charge >= 0.3 is 5.97 Å². The molecule has 0 amide bonds. The van der Waals surface area contributed by atoms with E-state index in [2.05, 4.69) is 13.0 Å². The van der Waals surface area contributed by atoms with E-state index in [1.807, 2.05) is 18.2 Å². The van der Waals surface area contributed by atoms with Crippen LogP contribution in [0.25, 0.3) is 0 Å². The largest absolute Gasteiger partial charge is 0.463 e. The van der Waals surface area contributed by atoms with Crippen molar-refractivity contribution in [2.75, 3.05) is 6.61 Å². The number of hydrogen-bond acceptors (Lipinski definition) is 2. The standard InChI is InChI=1S/C15H24O2/c1-3-5-6-7-8-9-10-11-12-13-14-15(16)17-4-2/h9-14H,3-8H2,1-2H3/b10-9+,12-11+,14-13-. The molecule has 0 bridgehead atoms. The summed E-state index contributed by atoms with van der Waals surface area (Å²) in [6, 6.07) is 0. The molecule has 0 atom stereocenters. The highest BCUT2D eigenvalue weighted by atomic mass is 16.5. The fourth-order valence-corrected chi connectivity index (χ4v) is 1.32. The van der Waals surface area contributed by atoms with Crippen molar-refractivity contribution >= 4 is 5.97 Å². The van der Waals surface area contributed by atoms with E-state index in [0.29, 0.717) is 6.61 Å². The summed E-state index contributed by atoms with van der Waals surface area (Å²) in [6.45, 7) is 4.43. The Morgan fingerprint density at radius 3 is 2.47 bits per heavy atom. The monoisotopic (exact) mass is 236 g/mol. The summed E-state index contributed by atoms with van der Waals surface area (Å²) in [5.41, 5.74) is 0. The van der Waals surface area contributed by atoms with Gasteiger partial charge in [-0.15, -0.1) is 0 Å². The van der Waals surface area contributed by atoms with Crippen molar-refractivity contribution in [1.82, 2.24) is 0 Å². The Morgan fingerprint density at radius 2 is 1.76 bits per heavy atom. The third-order valence-corrected chi connectivity index (χ3v) is 2.21. The van der Waals surface area contributed by atoms with Crippen molar-refractivity contribution in [2.45, 2.75) is 46.0 Å². The van der Waals surface area contributed by atoms with Gasteiger partial charge in [0.1, 0.15) is 0 Å². The molecule has 0 aromatic rings. The summed E-state index contributed by atoms with van der Waals surface area (Å²) in [6.07, 6.45) is 17.4. The molecule has 0 radical (unpaired) electrons. The summed E-state index contributed by atoms with van der Waals surface area (Å²) in [4.78, 5) is 10.9. The van der Waals surface area contributed by atoms with Crippen LogP contribution >= 0.6 is 0 Å². The molecular formula is C15H24O2. The molecule has 2 nitrogen and oxygen atoms in total. The fourth-order valence-electron chi connectivity index (χ4n) is 1.32. The van der Waals surface area contributed by atoms with E-state index in [1.165, 1.54) is 31.8 Å². The first-order chi connectivity index (χ1) is 8.31. The average Bonchev–Trinajstić information content (AvgIpc) is 2.32. The smallest absolute Gasteiger partial charge is 0.330 e. The SMILES string of the molecule is CCCCCC/C=C/C=C/C=C\C(=O)OCC. The summed E-state index contributed by atoms with van der Waals surface area (Å²) in [5, 5.41) is 0. The molecule has 0 spiro atoms. The van der Waals surface area contributed by atoms with Gasteiger partial charge in [0.2, 0.25) is 0 Å². The van der Waals surface area contributed by atoms with Crippen LogP contribution in [-0.2, 0) is 9.53 Å². The van der Waals surface area contributed by atoms with Gasteiger partial charge in [0, 0.05) is 6.08 Å². The average molecular weight is 236 g/mol. The minimum absolute atomic E-state index is 0.291. The van der Waals surface area contributed by atoms with E-state index in [4.69, 9.17) is 4.74 Å². The van der Waals surface area contributed by atoms with Gasteiger partial charge in [-0.3, -0.25) is 0 Å². The highest BCUT2D eigenvalue weighted by Crippen LogP contribution is 2.02. The second-order valence-electron chi connectivity index (χ2n) is 3.77. The van der Waals surface area contributed by atoms with E-state index in [1.54, 1.807) is 13.0 Å². The maximum absolute atomic E-state index is 10.9. The highest BCUT2D eigenvalue weighted by Gasteiger charge is 1.89. The first kappa shape index (κ1) is 15.7. The number of hydrogen-bond donors (Lipinski definition) is 0. The predicted octanol–water partition coefficient (Wildman–Crippen LogP) is 4.19. The van der Waals surface area contributed by atoms with E-state index in [9.17, 15) is 4.79 Å². The van der Waals surface area contributed by atoms with Crippen LogP contribution in [0.3, 0.4) is 0 Å². The van der Waals surface area contributed by atoms with Gasteiger partial charge < -0.3 is 4.74 Å². The van der Waals surface area contributed by atoms with Crippen molar-refractivity contribution in [3.63, 3.8) is 0 Å². The molecule has 0 fully saturated rings. The number of allylic oxidation sites excluding steroid dienone is 5. The molecule has 0 rings (SSSR count). The van der Waals surface area contributed by atoms with Crippen LogP contribution in [0.15, 0.2) is 36.5 Å². The zero-order valence-electron chi connectivity index (χ0n) is 11.0. The summed E-state index contributed by atoms with van der Waals surface area (Å²) in [5.74, 6) is -0.291. The molecule has 0 aliphatic carbocycles. The maximum atomic E-state index is 10.9. The topological polar surface area (TPSA) is 26.3 Å². The lowest BCUT2D eigenvalue weighted by atomic mass is 10.1. The van der Waals surface area contributed by atoms with Crippen molar-refractivity contribution in [3.05, 3.63) is 36.5 Å². The Morgan fingerprint density at radius 1 is 1.00 bits per heavy atom. The molecule has 0 saturated heterocycles. The number of esters is 1. The Kier molecular flexibility index (Phi) is 11.8. The third-order valence-electron chi connectivity index (χ3n) is 2.21. The predicted molar refractivity (Wildman–Crippen MR) is 72.8 cm³/mol. The minimum Gasteiger partial charge on any atom is -0.463 e. The Bertz CT molecular complexity index is 262. The third kappa shape index (κ3) is 12.6. The molecule has 0 saturated carbocycles. The maximum Gasteiger partial charge on any atom is 0.330 e. The number of carbonyl (C=O) groups excluding carboxylic acids is 1. The first-order valence-corrected chi connectivity index (χ1v) is 6.47. The first-order valence-electron chi connectivity index (χ1n) is 6.47. The lowest BCUT2D eigenvalue weighted by Crippen LogP contribution is -1.98. The minimum atomic E-state index is -0.291. The van der Waals surface area contributed by atoms with Crippen LogP contribution in [-0.4, -0.2) is 12.6 Å². The van der Waals surface area contributed by atoms with Gasteiger partial charge in [-0.2, -0.15) is 0 Å². The number of rotatable bonds is 9. The Hall–Kier alpha value is -1.31. The van der Waals surface area contributed by atoms with E-state index < -0.39 is 0 Å². The van der Waals surface area contributed by atoms with Gasteiger partial charge in [0.15, 0.2) is 0 Å². The fraction of sp³-hybridized carbons (Fsp3) is 0.533. The molecule has 96 valence electrons. The van der Waals surface area contributed by atoms with Crippen molar-refractivity contribution in [3.8, 4) is 0 Å². The van der Waals surface area contributed by atoms with Crippen LogP contribution in [0, 0.1) is 0 Å². The normalized spacial score (nSPS) is 11.9. The summed E-state index contributed by atoms with van der Waals surface area (Å²) < 4.78 is 4.75. The molecule has 0 heterocycles. The molecule has 2 heteroatoms. The van der Waals surface area contributed by atoms with Crippen LogP contribution in [0.4, 0.5) is 0 Å². The quantitative estimate of drug-likeness (QED) is 0.260. The second kappa shape index (κ2) is 12.8. The molecule has 0 aromatic heterocycles. The second-order valence-corrected chi connectivity index (χ2v) is 3.77. The van der Waals surface area contributed by atoms with E-state index >= 15 is 0 Å².